The lowest BCUT2D eigenvalue weighted by Crippen LogP contribution is -2.22. The lowest BCUT2D eigenvalue weighted by Gasteiger charge is -2.19. The van der Waals surface area contributed by atoms with Gasteiger partial charge in [-0.15, -0.1) is 0 Å². The van der Waals surface area contributed by atoms with Gasteiger partial charge >= 0.3 is 0 Å². The maximum Gasteiger partial charge on any atom is 0.0594 e. The van der Waals surface area contributed by atoms with Crippen LogP contribution in [0.5, 0.6) is 0 Å². The molecular formula is C21H19N3. The lowest BCUT2D eigenvalue weighted by atomic mass is 10.00. The highest BCUT2D eigenvalue weighted by atomic mass is 14.9. The summed E-state index contributed by atoms with van der Waals surface area (Å²) in [6.07, 6.45) is 5.83. The molecule has 24 heavy (non-hydrogen) atoms. The van der Waals surface area contributed by atoms with Gasteiger partial charge in [-0.25, -0.2) is 0 Å². The molecule has 118 valence electrons. The molecule has 4 rings (SSSR count). The predicted octanol–water partition coefficient (Wildman–Crippen LogP) is 4.44. The van der Waals surface area contributed by atoms with E-state index in [2.05, 4.69) is 76.1 Å². The van der Waals surface area contributed by atoms with E-state index in [1.54, 1.807) is 0 Å². The number of aromatic nitrogens is 2. The van der Waals surface area contributed by atoms with Crippen molar-refractivity contribution in [1.82, 2.24) is 15.3 Å². The fourth-order valence-corrected chi connectivity index (χ4v) is 3.11. The number of rotatable bonds is 5. The van der Waals surface area contributed by atoms with Gasteiger partial charge in [-0.05, 0) is 28.8 Å². The summed E-state index contributed by atoms with van der Waals surface area (Å²) in [7, 11) is 0. The van der Waals surface area contributed by atoms with Crippen LogP contribution in [0.1, 0.15) is 22.7 Å². The number of nitrogens with one attached hydrogen (secondary N) is 2. The Morgan fingerprint density at radius 2 is 1.67 bits per heavy atom. The van der Waals surface area contributed by atoms with Gasteiger partial charge in [-0.1, -0.05) is 54.6 Å². The third kappa shape index (κ3) is 2.94. The molecule has 1 atom stereocenters. The van der Waals surface area contributed by atoms with Gasteiger partial charge in [0.25, 0.3) is 0 Å². The number of nitrogens with zero attached hydrogens (tertiary/aromatic N) is 1. The third-order valence-electron chi connectivity index (χ3n) is 4.32. The molecule has 0 spiro atoms. The molecule has 0 amide bonds. The van der Waals surface area contributed by atoms with Crippen molar-refractivity contribution in [2.45, 2.75) is 12.6 Å². The number of benzene rings is 2. The van der Waals surface area contributed by atoms with Crippen LogP contribution in [0, 0.1) is 0 Å². The number of fused-ring (bicyclic) bond motifs is 1. The Kier molecular flexibility index (Phi) is 4.09. The third-order valence-corrected chi connectivity index (χ3v) is 4.32. The van der Waals surface area contributed by atoms with E-state index in [1.807, 2.05) is 24.5 Å². The number of para-hydroxylation sites is 1. The number of hydrogen-bond acceptors (Lipinski definition) is 2. The van der Waals surface area contributed by atoms with Crippen LogP contribution in [0.3, 0.4) is 0 Å². The van der Waals surface area contributed by atoms with Crippen molar-refractivity contribution in [2.24, 2.45) is 0 Å². The molecule has 0 bridgehead atoms. The quantitative estimate of drug-likeness (QED) is 0.572. The molecule has 2 heterocycles. The molecule has 3 nitrogen and oxygen atoms in total. The van der Waals surface area contributed by atoms with Crippen molar-refractivity contribution in [1.29, 1.82) is 0 Å². The molecule has 0 unspecified atom stereocenters. The largest absolute Gasteiger partial charge is 0.361 e. The van der Waals surface area contributed by atoms with Crippen molar-refractivity contribution in [3.05, 3.63) is 102 Å². The maximum absolute atomic E-state index is 4.28. The zero-order valence-corrected chi connectivity index (χ0v) is 13.3. The molecule has 0 radical (unpaired) electrons. The summed E-state index contributed by atoms with van der Waals surface area (Å²) in [5.74, 6) is 0. The van der Waals surface area contributed by atoms with Crippen LogP contribution in [0.15, 0.2) is 85.3 Å². The Morgan fingerprint density at radius 1 is 0.875 bits per heavy atom. The summed E-state index contributed by atoms with van der Waals surface area (Å²) in [5, 5.41) is 4.95. The molecule has 0 aliphatic heterocycles. The summed E-state index contributed by atoms with van der Waals surface area (Å²) < 4.78 is 0. The fraction of sp³-hybridized carbons (Fsp3) is 0.0952. The lowest BCUT2D eigenvalue weighted by molar-refractivity contribution is 0.605. The zero-order chi connectivity index (χ0) is 16.2. The van der Waals surface area contributed by atoms with Gasteiger partial charge in [-0.3, -0.25) is 4.98 Å². The number of hydrogen-bond donors (Lipinski definition) is 2. The van der Waals surface area contributed by atoms with E-state index in [9.17, 15) is 0 Å². The van der Waals surface area contributed by atoms with Crippen LogP contribution in [-0.2, 0) is 6.54 Å². The minimum Gasteiger partial charge on any atom is -0.361 e. The first-order chi connectivity index (χ1) is 11.9. The van der Waals surface area contributed by atoms with Crippen LogP contribution in [0.4, 0.5) is 0 Å². The van der Waals surface area contributed by atoms with Crippen LogP contribution in [-0.4, -0.2) is 9.97 Å². The molecule has 0 fully saturated rings. The predicted molar refractivity (Wildman–Crippen MR) is 97.7 cm³/mol. The minimum atomic E-state index is 0.119. The molecule has 2 aromatic carbocycles. The second-order valence-corrected chi connectivity index (χ2v) is 5.87. The Bertz CT molecular complexity index is 874. The van der Waals surface area contributed by atoms with Crippen molar-refractivity contribution >= 4 is 10.9 Å². The van der Waals surface area contributed by atoms with Gasteiger partial charge in [0.1, 0.15) is 0 Å². The molecule has 0 aliphatic carbocycles. The summed E-state index contributed by atoms with van der Waals surface area (Å²) in [5.41, 5.74) is 4.86. The molecule has 0 saturated carbocycles. The Balaban J connectivity index is 1.63. The van der Waals surface area contributed by atoms with Gasteiger partial charge in [0, 0.05) is 36.0 Å². The van der Waals surface area contributed by atoms with Crippen molar-refractivity contribution in [3.8, 4) is 0 Å². The molecule has 2 aromatic heterocycles. The van der Waals surface area contributed by atoms with Crippen molar-refractivity contribution < 1.29 is 0 Å². The number of aromatic amines is 1. The first-order valence-corrected chi connectivity index (χ1v) is 8.15. The number of H-pyrrole nitrogens is 1. The van der Waals surface area contributed by atoms with Crippen molar-refractivity contribution in [2.75, 3.05) is 0 Å². The van der Waals surface area contributed by atoms with E-state index in [-0.39, 0.29) is 6.04 Å². The van der Waals surface area contributed by atoms with Crippen molar-refractivity contribution in [3.63, 3.8) is 0 Å². The second kappa shape index (κ2) is 6.69. The van der Waals surface area contributed by atoms with Crippen LogP contribution >= 0.6 is 0 Å². The standard InChI is InChI=1S/C21H19N3/c1-2-7-16(8-3-1)21(17-9-6-12-22-13-17)24-15-18-14-23-20-11-5-4-10-19(18)20/h1-14,21,23-24H,15H2/t21-/m0/s1. The average molecular weight is 313 g/mol. The van der Waals surface area contributed by atoms with Gasteiger partial charge < -0.3 is 10.3 Å². The molecule has 0 saturated heterocycles. The zero-order valence-electron chi connectivity index (χ0n) is 13.3. The molecule has 2 N–H and O–H groups in total. The van der Waals surface area contributed by atoms with E-state index in [0.717, 1.165) is 6.54 Å². The van der Waals surface area contributed by atoms with Gasteiger partial charge in [0.05, 0.1) is 6.04 Å². The van der Waals surface area contributed by atoms with Gasteiger partial charge in [-0.2, -0.15) is 0 Å². The Hall–Kier alpha value is -2.91. The molecule has 4 aromatic rings. The van der Waals surface area contributed by atoms with E-state index < -0.39 is 0 Å². The summed E-state index contributed by atoms with van der Waals surface area (Å²) >= 11 is 0. The Labute approximate surface area is 141 Å². The normalized spacial score (nSPS) is 12.3. The summed E-state index contributed by atoms with van der Waals surface area (Å²) in [4.78, 5) is 7.62. The van der Waals surface area contributed by atoms with E-state index in [4.69, 9.17) is 0 Å². The fourth-order valence-electron chi connectivity index (χ4n) is 3.11. The topological polar surface area (TPSA) is 40.7 Å². The summed E-state index contributed by atoms with van der Waals surface area (Å²) in [6, 6.07) is 23.1. The minimum absolute atomic E-state index is 0.119. The van der Waals surface area contributed by atoms with Gasteiger partial charge in [0.15, 0.2) is 0 Å². The highest BCUT2D eigenvalue weighted by Gasteiger charge is 2.14. The van der Waals surface area contributed by atoms with Gasteiger partial charge in [0.2, 0.25) is 0 Å². The smallest absolute Gasteiger partial charge is 0.0594 e. The molecular weight excluding hydrogens is 294 g/mol. The van der Waals surface area contributed by atoms with Crippen LogP contribution in [0.25, 0.3) is 10.9 Å². The van der Waals surface area contributed by atoms with E-state index in [1.165, 1.54) is 27.6 Å². The highest BCUT2D eigenvalue weighted by molar-refractivity contribution is 5.82. The van der Waals surface area contributed by atoms with E-state index in [0.29, 0.717) is 0 Å². The van der Waals surface area contributed by atoms with Crippen LogP contribution in [0.2, 0.25) is 0 Å². The SMILES string of the molecule is c1ccc([C@H](NCc2c[nH]c3ccccc23)c2cccnc2)cc1. The monoisotopic (exact) mass is 313 g/mol. The number of pyridine rings is 1. The second-order valence-electron chi connectivity index (χ2n) is 5.87. The van der Waals surface area contributed by atoms with E-state index >= 15 is 0 Å². The first kappa shape index (κ1) is 14.7. The average Bonchev–Trinajstić information content (AvgIpc) is 3.07. The first-order valence-electron chi connectivity index (χ1n) is 8.15. The summed E-state index contributed by atoms with van der Waals surface area (Å²) in [6.45, 7) is 0.790. The Morgan fingerprint density at radius 3 is 2.50 bits per heavy atom. The highest BCUT2D eigenvalue weighted by Crippen LogP contribution is 2.23. The molecule has 3 heteroatoms. The van der Waals surface area contributed by atoms with Crippen LogP contribution < -0.4 is 5.32 Å². The maximum atomic E-state index is 4.28. The molecule has 0 aliphatic rings.